The Bertz CT molecular complexity index is 1420. The summed E-state index contributed by atoms with van der Waals surface area (Å²) in [5.41, 5.74) is 1.54. The van der Waals surface area contributed by atoms with Gasteiger partial charge in [-0.25, -0.2) is 18.3 Å². The van der Waals surface area contributed by atoms with Gasteiger partial charge in [0.2, 0.25) is 0 Å². The number of hydrogen-bond acceptors (Lipinski definition) is 4. The summed E-state index contributed by atoms with van der Waals surface area (Å²) >= 11 is 0. The van der Waals surface area contributed by atoms with E-state index in [1.54, 1.807) is 16.8 Å². The Morgan fingerprint density at radius 1 is 1.10 bits per heavy atom. The second-order valence-electron chi connectivity index (χ2n) is 6.69. The first-order chi connectivity index (χ1) is 14.5. The van der Waals surface area contributed by atoms with Crippen LogP contribution in [-0.2, 0) is 0 Å². The minimum absolute atomic E-state index is 0.104. The lowest BCUT2D eigenvalue weighted by Crippen LogP contribution is -2.27. The lowest BCUT2D eigenvalue weighted by molar-refractivity contribution is 0.0988. The molecule has 0 fully saturated rings. The summed E-state index contributed by atoms with van der Waals surface area (Å²) in [5.74, 6) is -1.69. The number of anilines is 1. The van der Waals surface area contributed by atoms with E-state index in [0.29, 0.717) is 22.1 Å². The Kier molecular flexibility index (Phi) is 4.02. The summed E-state index contributed by atoms with van der Waals surface area (Å²) in [6, 6.07) is 12.4. The summed E-state index contributed by atoms with van der Waals surface area (Å²) in [6.45, 7) is 0. The van der Waals surface area contributed by atoms with Crippen LogP contribution in [0.2, 0.25) is 0 Å². The Morgan fingerprint density at radius 3 is 2.73 bits per heavy atom. The van der Waals surface area contributed by atoms with Crippen LogP contribution in [0.3, 0.4) is 0 Å². The minimum Gasteiger partial charge on any atom is -0.294 e. The van der Waals surface area contributed by atoms with Crippen molar-refractivity contribution in [1.82, 2.24) is 24.8 Å². The molecule has 1 aromatic carbocycles. The minimum atomic E-state index is -0.645. The molecule has 0 radical (unpaired) electrons. The van der Waals surface area contributed by atoms with Gasteiger partial charge in [0.1, 0.15) is 11.5 Å². The highest BCUT2D eigenvalue weighted by molar-refractivity contribution is 6.09. The SMILES string of the molecule is CN(C(=O)c1ccccc1F)c1n[nH]c2nc(-c3cnn4ccccc34)c(F)cc12. The fraction of sp³-hybridized carbons (Fsp3) is 0.0476. The number of benzene rings is 1. The smallest absolute Gasteiger partial charge is 0.262 e. The average molecular weight is 404 g/mol. The number of nitrogens with one attached hydrogen (secondary N) is 1. The number of carbonyl (C=O) groups excluding carboxylic acids is 1. The number of pyridine rings is 2. The number of aromatic amines is 1. The van der Waals surface area contributed by atoms with Crippen molar-refractivity contribution in [1.29, 1.82) is 0 Å². The number of rotatable bonds is 3. The van der Waals surface area contributed by atoms with Crippen molar-refractivity contribution in [2.45, 2.75) is 0 Å². The fourth-order valence-electron chi connectivity index (χ4n) is 3.38. The van der Waals surface area contributed by atoms with Crippen LogP contribution in [0.5, 0.6) is 0 Å². The van der Waals surface area contributed by atoms with Gasteiger partial charge in [-0.05, 0) is 30.3 Å². The second kappa shape index (κ2) is 6.73. The van der Waals surface area contributed by atoms with Crippen LogP contribution in [0.15, 0.2) is 60.9 Å². The molecule has 0 saturated carbocycles. The summed E-state index contributed by atoms with van der Waals surface area (Å²) in [7, 11) is 1.45. The Morgan fingerprint density at radius 2 is 1.90 bits per heavy atom. The van der Waals surface area contributed by atoms with Crippen molar-refractivity contribution in [3.63, 3.8) is 0 Å². The first-order valence-electron chi connectivity index (χ1n) is 9.04. The molecule has 5 rings (SSSR count). The van der Waals surface area contributed by atoms with Gasteiger partial charge in [-0.3, -0.25) is 14.8 Å². The quantitative estimate of drug-likeness (QED) is 0.496. The van der Waals surface area contributed by atoms with Crippen molar-refractivity contribution >= 4 is 28.3 Å². The molecule has 0 saturated heterocycles. The van der Waals surface area contributed by atoms with E-state index in [4.69, 9.17) is 0 Å². The maximum atomic E-state index is 15.0. The van der Waals surface area contributed by atoms with Gasteiger partial charge >= 0.3 is 0 Å². The topological polar surface area (TPSA) is 79.2 Å². The lowest BCUT2D eigenvalue weighted by atomic mass is 10.1. The highest BCUT2D eigenvalue weighted by Gasteiger charge is 2.23. The number of nitrogens with zero attached hydrogens (tertiary/aromatic N) is 5. The van der Waals surface area contributed by atoms with E-state index >= 15 is 4.39 Å². The molecular weight excluding hydrogens is 390 g/mol. The molecule has 0 spiro atoms. The van der Waals surface area contributed by atoms with Gasteiger partial charge in [-0.2, -0.15) is 10.2 Å². The molecule has 5 aromatic rings. The third-order valence-corrected chi connectivity index (χ3v) is 4.89. The standard InChI is InChI=1S/C21H14F2N6O/c1-28(21(30)12-6-2-3-7-15(12)22)20-13-10-16(23)18(25-19(13)26-27-20)14-11-24-29-9-5-4-8-17(14)29/h2-11H,1H3,(H,25,26,27). The molecule has 0 aliphatic rings. The molecule has 0 atom stereocenters. The predicted molar refractivity (Wildman–Crippen MR) is 107 cm³/mol. The number of amides is 1. The van der Waals surface area contributed by atoms with Gasteiger partial charge in [-0.1, -0.05) is 18.2 Å². The number of H-pyrrole nitrogens is 1. The normalized spacial score (nSPS) is 11.3. The van der Waals surface area contributed by atoms with Crippen molar-refractivity contribution in [3.8, 4) is 11.3 Å². The van der Waals surface area contributed by atoms with Crippen molar-refractivity contribution < 1.29 is 13.6 Å². The highest BCUT2D eigenvalue weighted by Crippen LogP contribution is 2.31. The van der Waals surface area contributed by atoms with Crippen molar-refractivity contribution in [3.05, 3.63) is 78.1 Å². The largest absolute Gasteiger partial charge is 0.294 e. The average Bonchev–Trinajstić information content (AvgIpc) is 3.36. The van der Waals surface area contributed by atoms with E-state index in [1.807, 2.05) is 18.2 Å². The fourth-order valence-corrected chi connectivity index (χ4v) is 3.38. The monoisotopic (exact) mass is 404 g/mol. The zero-order valence-electron chi connectivity index (χ0n) is 15.7. The Labute approximate surface area is 168 Å². The third kappa shape index (κ3) is 2.71. The molecule has 0 aliphatic heterocycles. The lowest BCUT2D eigenvalue weighted by Gasteiger charge is -2.15. The first kappa shape index (κ1) is 17.9. The van der Waals surface area contributed by atoms with E-state index in [-0.39, 0.29) is 17.1 Å². The van der Waals surface area contributed by atoms with Gasteiger partial charge in [0, 0.05) is 18.8 Å². The van der Waals surface area contributed by atoms with Crippen LogP contribution in [0.4, 0.5) is 14.6 Å². The van der Waals surface area contributed by atoms with E-state index in [9.17, 15) is 9.18 Å². The number of halogens is 2. The van der Waals surface area contributed by atoms with E-state index in [0.717, 1.165) is 4.90 Å². The predicted octanol–water partition coefficient (Wildman–Crippen LogP) is 3.83. The molecule has 1 amide bonds. The molecule has 148 valence electrons. The summed E-state index contributed by atoms with van der Waals surface area (Å²) in [5, 5.41) is 11.3. The van der Waals surface area contributed by atoms with E-state index in [1.165, 1.54) is 37.5 Å². The van der Waals surface area contributed by atoms with Crippen molar-refractivity contribution in [2.75, 3.05) is 11.9 Å². The zero-order chi connectivity index (χ0) is 20.8. The number of aromatic nitrogens is 5. The number of hydrogen-bond donors (Lipinski definition) is 1. The van der Waals surface area contributed by atoms with Crippen LogP contribution in [0.25, 0.3) is 27.8 Å². The van der Waals surface area contributed by atoms with Crippen LogP contribution in [0, 0.1) is 11.6 Å². The van der Waals surface area contributed by atoms with Gasteiger partial charge in [-0.15, -0.1) is 0 Å². The molecule has 1 N–H and O–H groups in total. The van der Waals surface area contributed by atoms with Gasteiger partial charge < -0.3 is 0 Å². The number of fused-ring (bicyclic) bond motifs is 2. The second-order valence-corrected chi connectivity index (χ2v) is 6.69. The van der Waals surface area contributed by atoms with Gasteiger partial charge in [0.05, 0.1) is 22.7 Å². The molecular formula is C21H14F2N6O. The maximum Gasteiger partial charge on any atom is 0.262 e. The van der Waals surface area contributed by atoms with Gasteiger partial charge in [0.25, 0.3) is 5.91 Å². The summed E-state index contributed by atoms with van der Waals surface area (Å²) in [6.07, 6.45) is 3.30. The van der Waals surface area contributed by atoms with Crippen LogP contribution in [0.1, 0.15) is 10.4 Å². The molecule has 0 bridgehead atoms. The van der Waals surface area contributed by atoms with E-state index < -0.39 is 17.5 Å². The highest BCUT2D eigenvalue weighted by atomic mass is 19.1. The zero-order valence-corrected chi connectivity index (χ0v) is 15.7. The van der Waals surface area contributed by atoms with Crippen LogP contribution >= 0.6 is 0 Å². The summed E-state index contributed by atoms with van der Waals surface area (Å²) in [4.78, 5) is 18.2. The maximum absolute atomic E-state index is 15.0. The molecule has 0 unspecified atom stereocenters. The number of carbonyl (C=O) groups is 1. The third-order valence-electron chi connectivity index (χ3n) is 4.89. The van der Waals surface area contributed by atoms with Crippen LogP contribution < -0.4 is 4.90 Å². The summed E-state index contributed by atoms with van der Waals surface area (Å²) < 4.78 is 30.6. The molecule has 4 heterocycles. The molecule has 9 heteroatoms. The van der Waals surface area contributed by atoms with Crippen LogP contribution in [-0.4, -0.2) is 37.8 Å². The van der Waals surface area contributed by atoms with Crippen molar-refractivity contribution in [2.24, 2.45) is 0 Å². The molecule has 7 nitrogen and oxygen atoms in total. The van der Waals surface area contributed by atoms with E-state index in [2.05, 4.69) is 20.3 Å². The molecule has 4 aromatic heterocycles. The molecule has 0 aliphatic carbocycles. The van der Waals surface area contributed by atoms with Gasteiger partial charge in [0.15, 0.2) is 17.3 Å². The first-order valence-corrected chi connectivity index (χ1v) is 9.04. The Hall–Kier alpha value is -4.14. The Balaban J connectivity index is 1.59. The molecule has 30 heavy (non-hydrogen) atoms.